The van der Waals surface area contributed by atoms with Crippen LogP contribution in [-0.2, 0) is 14.9 Å². The minimum Gasteiger partial charge on any atom is -0.387 e. The van der Waals surface area contributed by atoms with Crippen molar-refractivity contribution in [3.05, 3.63) is 60.8 Å². The first-order valence-corrected chi connectivity index (χ1v) is 22.1. The lowest BCUT2D eigenvalue weighted by Crippen LogP contribution is -2.46. The van der Waals surface area contributed by atoms with Crippen molar-refractivity contribution in [1.82, 2.24) is 5.32 Å². The number of aliphatic hydroxyl groups excluding tert-OH is 1. The van der Waals surface area contributed by atoms with Gasteiger partial charge in [0.1, 0.15) is 0 Å². The quantitative estimate of drug-likeness (QED) is 0.0340. The molecule has 0 aromatic carbocycles. The van der Waals surface area contributed by atoms with E-state index in [1.165, 1.54) is 109 Å². The molecule has 0 spiro atoms. The van der Waals surface area contributed by atoms with Gasteiger partial charge in [-0.2, -0.15) is 8.42 Å². The highest BCUT2D eigenvalue weighted by Crippen LogP contribution is 2.12. The molecule has 0 aromatic rings. The average molecular weight is 720 g/mol. The maximum atomic E-state index is 12.5. The molecule has 1 amide bonds. The zero-order valence-electron chi connectivity index (χ0n) is 32.3. The third-order valence-electron chi connectivity index (χ3n) is 8.92. The van der Waals surface area contributed by atoms with E-state index in [1.54, 1.807) is 6.08 Å². The van der Waals surface area contributed by atoms with Crippen LogP contribution in [0.3, 0.4) is 0 Å². The highest BCUT2D eigenvalue weighted by molar-refractivity contribution is 7.85. The minimum atomic E-state index is -4.35. The second-order valence-corrected chi connectivity index (χ2v) is 15.4. The van der Waals surface area contributed by atoms with Crippen LogP contribution in [0.1, 0.15) is 187 Å². The Morgan fingerprint density at radius 3 is 1.40 bits per heavy atom. The summed E-state index contributed by atoms with van der Waals surface area (Å²) in [7, 11) is -4.35. The summed E-state index contributed by atoms with van der Waals surface area (Å²) in [6.07, 6.45) is 50.7. The molecular weight excluding hydrogens is 643 g/mol. The van der Waals surface area contributed by atoms with Gasteiger partial charge >= 0.3 is 0 Å². The zero-order chi connectivity index (χ0) is 36.8. The van der Waals surface area contributed by atoms with E-state index in [-0.39, 0.29) is 12.3 Å². The fourth-order valence-corrected chi connectivity index (χ4v) is 6.56. The molecule has 7 heteroatoms. The zero-order valence-corrected chi connectivity index (χ0v) is 33.1. The van der Waals surface area contributed by atoms with E-state index in [4.69, 9.17) is 0 Å². The molecule has 0 aromatic heterocycles. The predicted octanol–water partition coefficient (Wildman–Crippen LogP) is 12.1. The van der Waals surface area contributed by atoms with Crippen molar-refractivity contribution in [2.24, 2.45) is 0 Å². The fourth-order valence-electron chi connectivity index (χ4n) is 5.82. The molecule has 0 radical (unpaired) electrons. The Bertz CT molecular complexity index is 1010. The minimum absolute atomic E-state index is 0.277. The van der Waals surface area contributed by atoms with E-state index in [2.05, 4.69) is 67.8 Å². The number of carbonyl (C=O) groups excluding carboxylic acids is 1. The van der Waals surface area contributed by atoms with Crippen molar-refractivity contribution in [2.75, 3.05) is 5.75 Å². The Morgan fingerprint density at radius 2 is 0.920 bits per heavy atom. The summed E-state index contributed by atoms with van der Waals surface area (Å²) in [4.78, 5) is 12.5. The monoisotopic (exact) mass is 720 g/mol. The number of hydrogen-bond acceptors (Lipinski definition) is 4. The number of hydrogen-bond donors (Lipinski definition) is 3. The molecule has 2 unspecified atom stereocenters. The molecule has 290 valence electrons. The molecule has 2 atom stereocenters. The number of nitrogens with one attached hydrogen (secondary N) is 1. The van der Waals surface area contributed by atoms with Gasteiger partial charge in [0.25, 0.3) is 10.1 Å². The lowest BCUT2D eigenvalue weighted by molar-refractivity contribution is -0.122. The second-order valence-electron chi connectivity index (χ2n) is 13.9. The van der Waals surface area contributed by atoms with Gasteiger partial charge in [0, 0.05) is 6.42 Å². The molecule has 50 heavy (non-hydrogen) atoms. The van der Waals surface area contributed by atoms with Crippen LogP contribution in [0.25, 0.3) is 0 Å². The van der Waals surface area contributed by atoms with Crippen molar-refractivity contribution < 1.29 is 22.9 Å². The number of unbranched alkanes of at least 4 members (excludes halogenated alkanes) is 20. The molecule has 0 heterocycles. The lowest BCUT2D eigenvalue weighted by Gasteiger charge is -2.21. The molecule has 0 rings (SSSR count). The van der Waals surface area contributed by atoms with Crippen molar-refractivity contribution in [3.8, 4) is 0 Å². The van der Waals surface area contributed by atoms with Gasteiger partial charge in [0.2, 0.25) is 5.91 Å². The Balaban J connectivity index is 3.93. The molecule has 0 saturated carbocycles. The Labute approximate surface area is 309 Å². The molecular formula is C43H77NO5S. The highest BCUT2D eigenvalue weighted by Gasteiger charge is 2.24. The van der Waals surface area contributed by atoms with E-state index < -0.39 is 28.0 Å². The first-order chi connectivity index (χ1) is 24.3. The maximum Gasteiger partial charge on any atom is 0.267 e. The normalized spacial score (nSPS) is 13.9. The van der Waals surface area contributed by atoms with Crippen LogP contribution in [-0.4, -0.2) is 41.9 Å². The first kappa shape index (κ1) is 48.0. The Morgan fingerprint density at radius 1 is 0.540 bits per heavy atom. The SMILES string of the molecule is CCCCCCC/C=C\C/C=C\C/C=C\CCCCCCCCCCC(=O)NC(CS(=O)(=O)O)C(O)/C=C/CC/C=C/CCCCCCCC. The summed E-state index contributed by atoms with van der Waals surface area (Å²) in [5.74, 6) is -1.01. The topological polar surface area (TPSA) is 104 Å². The fraction of sp³-hybridized carbons (Fsp3) is 0.744. The largest absolute Gasteiger partial charge is 0.387 e. The van der Waals surface area contributed by atoms with E-state index in [9.17, 15) is 22.9 Å². The van der Waals surface area contributed by atoms with E-state index in [0.717, 1.165) is 57.8 Å². The lowest BCUT2D eigenvalue weighted by atomic mass is 10.1. The van der Waals surface area contributed by atoms with Crippen LogP contribution in [0.15, 0.2) is 60.8 Å². The van der Waals surface area contributed by atoms with Gasteiger partial charge in [-0.25, -0.2) is 0 Å². The van der Waals surface area contributed by atoms with Gasteiger partial charge in [-0.1, -0.05) is 171 Å². The molecule has 6 nitrogen and oxygen atoms in total. The van der Waals surface area contributed by atoms with Gasteiger partial charge in [-0.3, -0.25) is 9.35 Å². The smallest absolute Gasteiger partial charge is 0.267 e. The van der Waals surface area contributed by atoms with E-state index >= 15 is 0 Å². The summed E-state index contributed by atoms with van der Waals surface area (Å²) in [5.41, 5.74) is 0. The van der Waals surface area contributed by atoms with Crippen molar-refractivity contribution in [3.63, 3.8) is 0 Å². The summed E-state index contributed by atoms with van der Waals surface area (Å²) in [5, 5.41) is 13.2. The van der Waals surface area contributed by atoms with Crippen molar-refractivity contribution in [2.45, 2.75) is 199 Å². The van der Waals surface area contributed by atoms with E-state index in [1.807, 2.05) is 0 Å². The third kappa shape index (κ3) is 37.3. The first-order valence-electron chi connectivity index (χ1n) is 20.5. The summed E-state index contributed by atoms with van der Waals surface area (Å²) in [6, 6.07) is -1.08. The van der Waals surface area contributed by atoms with Gasteiger partial charge < -0.3 is 10.4 Å². The number of aliphatic hydroxyl groups is 1. The average Bonchev–Trinajstić information content (AvgIpc) is 3.08. The molecule has 0 aliphatic heterocycles. The third-order valence-corrected chi connectivity index (χ3v) is 9.70. The molecule has 0 aliphatic rings. The molecule has 0 bridgehead atoms. The molecule has 0 saturated heterocycles. The Hall–Kier alpha value is -1.96. The van der Waals surface area contributed by atoms with Crippen LogP contribution >= 0.6 is 0 Å². The van der Waals surface area contributed by atoms with Gasteiger partial charge in [-0.15, -0.1) is 0 Å². The summed E-state index contributed by atoms with van der Waals surface area (Å²) in [6.45, 7) is 4.48. The number of amides is 1. The van der Waals surface area contributed by atoms with Gasteiger partial charge in [-0.05, 0) is 70.6 Å². The molecule has 0 aliphatic carbocycles. The maximum absolute atomic E-state index is 12.5. The van der Waals surface area contributed by atoms with Gasteiger partial charge in [0.05, 0.1) is 17.9 Å². The summed E-state index contributed by atoms with van der Waals surface area (Å²) >= 11 is 0. The van der Waals surface area contributed by atoms with Crippen LogP contribution in [0.2, 0.25) is 0 Å². The standard InChI is InChI=1S/C43H77NO5S/c1-3-5-7-9-11-13-15-17-18-19-20-21-22-23-24-25-26-27-29-31-33-35-37-39-43(46)44-41(40-50(47,48)49)42(45)38-36-34-32-30-28-16-14-12-10-8-6-4-2/h15,17,19-20,22-23,28,30,36,38,41-42,45H,3-14,16,18,21,24-27,29,31-35,37,39-40H2,1-2H3,(H,44,46)(H,47,48,49)/b17-15-,20-19-,23-22-,30-28+,38-36+. The van der Waals surface area contributed by atoms with Crippen LogP contribution in [0, 0.1) is 0 Å². The number of allylic oxidation sites excluding steroid dienone is 9. The van der Waals surface area contributed by atoms with Crippen molar-refractivity contribution >= 4 is 16.0 Å². The second kappa shape index (κ2) is 36.8. The molecule has 0 fully saturated rings. The number of rotatable bonds is 36. The van der Waals surface area contributed by atoms with Crippen LogP contribution in [0.4, 0.5) is 0 Å². The van der Waals surface area contributed by atoms with Crippen LogP contribution < -0.4 is 5.32 Å². The van der Waals surface area contributed by atoms with E-state index in [0.29, 0.717) is 6.42 Å². The van der Waals surface area contributed by atoms with Gasteiger partial charge in [0.15, 0.2) is 0 Å². The summed E-state index contributed by atoms with van der Waals surface area (Å²) < 4.78 is 32.4. The molecule has 3 N–H and O–H groups in total. The Kier molecular flexibility index (Phi) is 35.4. The number of carbonyl (C=O) groups is 1. The predicted molar refractivity (Wildman–Crippen MR) is 216 cm³/mol. The highest BCUT2D eigenvalue weighted by atomic mass is 32.2. The van der Waals surface area contributed by atoms with Crippen molar-refractivity contribution in [1.29, 1.82) is 0 Å². The van der Waals surface area contributed by atoms with Crippen LogP contribution in [0.5, 0.6) is 0 Å².